The summed E-state index contributed by atoms with van der Waals surface area (Å²) in [5.74, 6) is -0.369. The Morgan fingerprint density at radius 2 is 1.84 bits per heavy atom. The Morgan fingerprint density at radius 3 is 2.26 bits per heavy atom. The van der Waals surface area contributed by atoms with E-state index in [1.54, 1.807) is 12.1 Å². The van der Waals surface area contributed by atoms with Gasteiger partial charge in [-0.1, -0.05) is 20.8 Å². The van der Waals surface area contributed by atoms with Gasteiger partial charge >= 0.3 is 5.97 Å². The van der Waals surface area contributed by atoms with Crippen molar-refractivity contribution in [3.63, 3.8) is 0 Å². The number of benzene rings is 1. The summed E-state index contributed by atoms with van der Waals surface area (Å²) >= 11 is 0. The van der Waals surface area contributed by atoms with Gasteiger partial charge in [0.05, 0.1) is 24.0 Å². The second-order valence-corrected chi connectivity index (χ2v) is 4.76. The number of carbonyl (C=O) groups excluding carboxylic acids is 1. The van der Waals surface area contributed by atoms with Crippen LogP contribution in [0, 0.1) is 0 Å². The minimum Gasteiger partial charge on any atom is -0.465 e. The molecule has 0 amide bonds. The molecular weight excluding hydrogens is 240 g/mol. The SMILES string of the molecule is CCC(CC)(CC)Nc1ccc(C(=O)OC)cc1N. The highest BCUT2D eigenvalue weighted by atomic mass is 16.5. The van der Waals surface area contributed by atoms with Crippen LogP contribution in [0.2, 0.25) is 0 Å². The molecule has 0 saturated carbocycles. The molecule has 1 rings (SSSR count). The van der Waals surface area contributed by atoms with Gasteiger partial charge in [0.25, 0.3) is 0 Å². The largest absolute Gasteiger partial charge is 0.465 e. The van der Waals surface area contributed by atoms with Crippen LogP contribution in [0.5, 0.6) is 0 Å². The van der Waals surface area contributed by atoms with E-state index in [0.717, 1.165) is 24.9 Å². The molecule has 0 aliphatic rings. The van der Waals surface area contributed by atoms with E-state index < -0.39 is 0 Å². The number of nitrogens with two attached hydrogens (primary N) is 1. The molecule has 106 valence electrons. The molecule has 0 heterocycles. The summed E-state index contributed by atoms with van der Waals surface area (Å²) in [6.45, 7) is 6.50. The van der Waals surface area contributed by atoms with Crippen LogP contribution >= 0.6 is 0 Å². The van der Waals surface area contributed by atoms with Gasteiger partial charge in [-0.3, -0.25) is 0 Å². The quantitative estimate of drug-likeness (QED) is 0.610. The third-order valence-electron chi connectivity index (χ3n) is 3.90. The molecule has 19 heavy (non-hydrogen) atoms. The third kappa shape index (κ3) is 3.40. The molecule has 0 aliphatic heterocycles. The average molecular weight is 264 g/mol. The van der Waals surface area contributed by atoms with Gasteiger partial charge < -0.3 is 15.8 Å². The normalized spacial score (nSPS) is 11.2. The van der Waals surface area contributed by atoms with E-state index in [1.165, 1.54) is 7.11 Å². The molecule has 0 bridgehead atoms. The number of hydrogen-bond donors (Lipinski definition) is 2. The molecule has 0 unspecified atom stereocenters. The van der Waals surface area contributed by atoms with E-state index in [1.807, 2.05) is 6.07 Å². The van der Waals surface area contributed by atoms with Crippen LogP contribution in [0.4, 0.5) is 11.4 Å². The van der Waals surface area contributed by atoms with Crippen molar-refractivity contribution in [3.8, 4) is 0 Å². The van der Waals surface area contributed by atoms with Gasteiger partial charge in [0.2, 0.25) is 0 Å². The number of nitrogens with one attached hydrogen (secondary N) is 1. The number of anilines is 2. The lowest BCUT2D eigenvalue weighted by Crippen LogP contribution is -2.36. The minimum atomic E-state index is -0.369. The van der Waals surface area contributed by atoms with Gasteiger partial charge in [-0.25, -0.2) is 4.79 Å². The van der Waals surface area contributed by atoms with Crippen LogP contribution in [0.3, 0.4) is 0 Å². The third-order valence-corrected chi connectivity index (χ3v) is 3.90. The summed E-state index contributed by atoms with van der Waals surface area (Å²) in [5, 5.41) is 3.52. The van der Waals surface area contributed by atoms with Crippen LogP contribution in [-0.4, -0.2) is 18.6 Å². The molecule has 0 atom stereocenters. The maximum Gasteiger partial charge on any atom is 0.337 e. The fourth-order valence-corrected chi connectivity index (χ4v) is 2.22. The standard InChI is InChI=1S/C15H24N2O2/c1-5-15(6-2,7-3)17-13-9-8-11(10-12(13)16)14(18)19-4/h8-10,17H,5-7,16H2,1-4H3. The number of nitrogen functional groups attached to an aromatic ring is 1. The zero-order valence-corrected chi connectivity index (χ0v) is 12.2. The molecule has 4 heteroatoms. The van der Waals surface area contributed by atoms with E-state index >= 15 is 0 Å². The smallest absolute Gasteiger partial charge is 0.337 e. The molecule has 1 aromatic carbocycles. The monoisotopic (exact) mass is 264 g/mol. The maximum atomic E-state index is 11.4. The Labute approximate surface area is 115 Å². The first-order valence-electron chi connectivity index (χ1n) is 6.78. The molecule has 0 fully saturated rings. The van der Waals surface area contributed by atoms with Crippen LogP contribution in [-0.2, 0) is 4.74 Å². The number of methoxy groups -OCH3 is 1. The van der Waals surface area contributed by atoms with Crippen LogP contribution in [0.15, 0.2) is 18.2 Å². The number of rotatable bonds is 6. The second-order valence-electron chi connectivity index (χ2n) is 4.76. The lowest BCUT2D eigenvalue weighted by atomic mass is 9.89. The average Bonchev–Trinajstić information content (AvgIpc) is 2.45. The highest BCUT2D eigenvalue weighted by molar-refractivity contribution is 5.91. The van der Waals surface area contributed by atoms with Crippen LogP contribution < -0.4 is 11.1 Å². The molecule has 0 saturated heterocycles. The first-order valence-corrected chi connectivity index (χ1v) is 6.78. The Kier molecular flexibility index (Phi) is 5.21. The molecule has 1 aromatic rings. The highest BCUT2D eigenvalue weighted by Crippen LogP contribution is 2.29. The van der Waals surface area contributed by atoms with Gasteiger partial charge in [0.15, 0.2) is 0 Å². The van der Waals surface area contributed by atoms with Gasteiger partial charge in [-0.15, -0.1) is 0 Å². The van der Waals surface area contributed by atoms with E-state index in [4.69, 9.17) is 5.73 Å². The van der Waals surface area contributed by atoms with Crippen molar-refractivity contribution in [3.05, 3.63) is 23.8 Å². The summed E-state index contributed by atoms with van der Waals surface area (Å²) in [7, 11) is 1.36. The Hall–Kier alpha value is -1.71. The fourth-order valence-electron chi connectivity index (χ4n) is 2.22. The summed E-state index contributed by atoms with van der Waals surface area (Å²) in [6.07, 6.45) is 3.08. The summed E-state index contributed by atoms with van der Waals surface area (Å²) in [5.41, 5.74) is 7.99. The van der Waals surface area contributed by atoms with Crippen molar-refractivity contribution in [2.45, 2.75) is 45.6 Å². The van der Waals surface area contributed by atoms with Crippen LogP contribution in [0.1, 0.15) is 50.4 Å². The van der Waals surface area contributed by atoms with Gasteiger partial charge in [0.1, 0.15) is 0 Å². The van der Waals surface area contributed by atoms with E-state index in [0.29, 0.717) is 11.3 Å². The lowest BCUT2D eigenvalue weighted by Gasteiger charge is -2.33. The fraction of sp³-hybridized carbons (Fsp3) is 0.533. The molecular formula is C15H24N2O2. The molecule has 0 radical (unpaired) electrons. The number of carbonyl (C=O) groups is 1. The molecule has 4 nitrogen and oxygen atoms in total. The van der Waals surface area contributed by atoms with Crippen LogP contribution in [0.25, 0.3) is 0 Å². The van der Waals surface area contributed by atoms with Crippen molar-refractivity contribution < 1.29 is 9.53 Å². The van der Waals surface area contributed by atoms with E-state index in [2.05, 4.69) is 30.8 Å². The van der Waals surface area contributed by atoms with Gasteiger partial charge in [0, 0.05) is 5.54 Å². The van der Waals surface area contributed by atoms with Crippen molar-refractivity contribution in [2.24, 2.45) is 0 Å². The Balaban J connectivity index is 3.00. The van der Waals surface area contributed by atoms with Gasteiger partial charge in [-0.2, -0.15) is 0 Å². The number of esters is 1. The predicted octanol–water partition coefficient (Wildman–Crippen LogP) is 3.44. The molecule has 3 N–H and O–H groups in total. The zero-order valence-electron chi connectivity index (χ0n) is 12.2. The highest BCUT2D eigenvalue weighted by Gasteiger charge is 2.24. The molecule has 0 spiro atoms. The predicted molar refractivity (Wildman–Crippen MR) is 79.4 cm³/mol. The second kappa shape index (κ2) is 6.45. The lowest BCUT2D eigenvalue weighted by molar-refractivity contribution is 0.0601. The van der Waals surface area contributed by atoms with E-state index in [-0.39, 0.29) is 11.5 Å². The maximum absolute atomic E-state index is 11.4. The number of ether oxygens (including phenoxy) is 1. The van der Waals surface area contributed by atoms with E-state index in [9.17, 15) is 4.79 Å². The number of hydrogen-bond acceptors (Lipinski definition) is 4. The first kappa shape index (κ1) is 15.3. The topological polar surface area (TPSA) is 64.3 Å². The summed E-state index contributed by atoms with van der Waals surface area (Å²) in [6, 6.07) is 5.23. The minimum absolute atomic E-state index is 0.0565. The van der Waals surface area contributed by atoms with Crippen molar-refractivity contribution >= 4 is 17.3 Å². The molecule has 0 aliphatic carbocycles. The van der Waals surface area contributed by atoms with Crippen molar-refractivity contribution in [2.75, 3.05) is 18.2 Å². The summed E-state index contributed by atoms with van der Waals surface area (Å²) in [4.78, 5) is 11.4. The van der Waals surface area contributed by atoms with Gasteiger partial charge in [-0.05, 0) is 37.5 Å². The Bertz CT molecular complexity index is 432. The van der Waals surface area contributed by atoms with Crippen molar-refractivity contribution in [1.82, 2.24) is 0 Å². The summed E-state index contributed by atoms with van der Waals surface area (Å²) < 4.78 is 4.68. The zero-order chi connectivity index (χ0) is 14.5. The van der Waals surface area contributed by atoms with Crippen molar-refractivity contribution in [1.29, 1.82) is 0 Å². The molecule has 0 aromatic heterocycles. The Morgan fingerprint density at radius 1 is 1.26 bits per heavy atom. The first-order chi connectivity index (χ1) is 9.01.